The van der Waals surface area contributed by atoms with Gasteiger partial charge in [-0.05, 0) is 79.3 Å². The van der Waals surface area contributed by atoms with Crippen LogP contribution < -0.4 is 30.3 Å². The molecule has 212 valence electrons. The third-order valence-corrected chi connectivity index (χ3v) is 6.45. The average Bonchev–Trinajstić information content (AvgIpc) is 2.91. The van der Waals surface area contributed by atoms with Crippen LogP contribution in [-0.4, -0.2) is 49.6 Å². The number of esters is 1. The lowest BCUT2D eigenvalue weighted by Gasteiger charge is -2.30. The first-order valence-corrected chi connectivity index (χ1v) is 14.0. The monoisotopic (exact) mass is 678 g/mol. The Morgan fingerprint density at radius 1 is 1.15 bits per heavy atom. The molecule has 0 radical (unpaired) electrons. The number of carbonyl (C=O) groups is 2. The zero-order valence-electron chi connectivity index (χ0n) is 22.4. The highest BCUT2D eigenvalue weighted by Gasteiger charge is 2.32. The van der Waals surface area contributed by atoms with Gasteiger partial charge >= 0.3 is 5.97 Å². The van der Waals surface area contributed by atoms with E-state index in [1.54, 1.807) is 44.2 Å². The van der Waals surface area contributed by atoms with Crippen LogP contribution in [0.5, 0.6) is 17.2 Å². The minimum Gasteiger partial charge on any atom is -0.490 e. The SMILES string of the molecule is C=CCOc1c(I)cc(C=NNC(=O)COc2ccccc2[C@@H]2NC(=S)NC(C)=C2C(=O)OCC)cc1OCC. The lowest BCUT2D eigenvalue weighted by atomic mass is 9.95. The lowest BCUT2D eigenvalue weighted by molar-refractivity contribution is -0.139. The minimum absolute atomic E-state index is 0.227. The Labute approximate surface area is 252 Å². The summed E-state index contributed by atoms with van der Waals surface area (Å²) in [7, 11) is 0. The van der Waals surface area contributed by atoms with Gasteiger partial charge in [0, 0.05) is 11.3 Å². The van der Waals surface area contributed by atoms with E-state index < -0.39 is 17.9 Å². The number of thiocarbonyl (C=S) groups is 1. The van der Waals surface area contributed by atoms with E-state index in [0.29, 0.717) is 58.0 Å². The molecule has 2 aromatic carbocycles. The van der Waals surface area contributed by atoms with Gasteiger partial charge in [0.25, 0.3) is 5.91 Å². The summed E-state index contributed by atoms with van der Waals surface area (Å²) in [6, 6.07) is 10.1. The zero-order valence-corrected chi connectivity index (χ0v) is 25.4. The van der Waals surface area contributed by atoms with Gasteiger partial charge in [-0.1, -0.05) is 30.9 Å². The fraction of sp³-hybridized carbons (Fsp3) is 0.286. The summed E-state index contributed by atoms with van der Waals surface area (Å²) in [5, 5.41) is 10.5. The Bertz CT molecular complexity index is 1330. The molecule has 3 rings (SSSR count). The number of amides is 1. The predicted molar refractivity (Wildman–Crippen MR) is 165 cm³/mol. The largest absolute Gasteiger partial charge is 0.490 e. The second-order valence-corrected chi connectivity index (χ2v) is 9.84. The number of benzene rings is 2. The number of para-hydroxylation sites is 1. The number of carbonyl (C=O) groups excluding carboxylic acids is 2. The Morgan fingerprint density at radius 2 is 1.93 bits per heavy atom. The van der Waals surface area contributed by atoms with Crippen molar-refractivity contribution in [3.05, 3.63) is 75.0 Å². The first-order chi connectivity index (χ1) is 19.3. The molecule has 12 heteroatoms. The molecule has 1 atom stereocenters. The van der Waals surface area contributed by atoms with E-state index in [4.69, 9.17) is 31.2 Å². The summed E-state index contributed by atoms with van der Waals surface area (Å²) in [6.07, 6.45) is 3.17. The second kappa shape index (κ2) is 15.2. The Balaban J connectivity index is 1.70. The summed E-state index contributed by atoms with van der Waals surface area (Å²) in [6.45, 7) is 9.78. The lowest BCUT2D eigenvalue weighted by Crippen LogP contribution is -2.45. The molecular formula is C28H31IN4O6S. The molecule has 1 aliphatic rings. The van der Waals surface area contributed by atoms with Gasteiger partial charge in [-0.2, -0.15) is 5.10 Å². The van der Waals surface area contributed by atoms with Crippen molar-refractivity contribution in [1.82, 2.24) is 16.1 Å². The van der Waals surface area contributed by atoms with Crippen molar-refractivity contribution in [1.29, 1.82) is 0 Å². The standard InChI is InChI=1S/C28H31IN4O6S/c1-5-12-38-26-20(29)13-18(14-22(26)36-6-2)15-30-33-23(34)16-39-21-11-9-8-10-19(21)25-24(27(35)37-7-3)17(4)31-28(40)32-25/h5,8-11,13-15,25H,1,6-7,12,16H2,2-4H3,(H,33,34)(H2,31,32,40)/t25-/m0/s1. The van der Waals surface area contributed by atoms with Crippen LogP contribution in [0.1, 0.15) is 37.9 Å². The van der Waals surface area contributed by atoms with E-state index in [1.807, 2.05) is 19.1 Å². The summed E-state index contributed by atoms with van der Waals surface area (Å²) in [5.41, 5.74) is 4.76. The summed E-state index contributed by atoms with van der Waals surface area (Å²) < 4.78 is 23.3. The molecule has 0 fully saturated rings. The molecule has 40 heavy (non-hydrogen) atoms. The number of hydrogen-bond acceptors (Lipinski definition) is 8. The Morgan fingerprint density at radius 3 is 2.65 bits per heavy atom. The van der Waals surface area contributed by atoms with E-state index in [9.17, 15) is 9.59 Å². The average molecular weight is 679 g/mol. The molecule has 3 N–H and O–H groups in total. The van der Waals surface area contributed by atoms with Crippen LogP contribution >= 0.6 is 34.8 Å². The summed E-state index contributed by atoms with van der Waals surface area (Å²) in [4.78, 5) is 25.2. The molecule has 0 spiro atoms. The molecule has 1 aliphatic heterocycles. The third kappa shape index (κ3) is 8.18. The van der Waals surface area contributed by atoms with E-state index in [1.165, 1.54) is 6.21 Å². The normalized spacial score (nSPS) is 14.7. The maximum Gasteiger partial charge on any atom is 0.338 e. The van der Waals surface area contributed by atoms with Crippen molar-refractivity contribution in [3.63, 3.8) is 0 Å². The molecule has 0 aromatic heterocycles. The highest BCUT2D eigenvalue weighted by molar-refractivity contribution is 14.1. The van der Waals surface area contributed by atoms with E-state index in [0.717, 1.165) is 3.57 Å². The van der Waals surface area contributed by atoms with Crippen LogP contribution in [0.25, 0.3) is 0 Å². The van der Waals surface area contributed by atoms with Crippen LogP contribution in [0.2, 0.25) is 0 Å². The fourth-order valence-electron chi connectivity index (χ4n) is 3.82. The van der Waals surface area contributed by atoms with Gasteiger partial charge in [0.1, 0.15) is 12.4 Å². The van der Waals surface area contributed by atoms with Gasteiger partial charge in [0.05, 0.1) is 34.6 Å². The van der Waals surface area contributed by atoms with Crippen molar-refractivity contribution in [2.75, 3.05) is 26.4 Å². The highest BCUT2D eigenvalue weighted by atomic mass is 127. The number of hydrazone groups is 1. The number of hydrogen-bond donors (Lipinski definition) is 3. The summed E-state index contributed by atoms with van der Waals surface area (Å²) in [5.74, 6) is 0.654. The van der Waals surface area contributed by atoms with Gasteiger partial charge in [0.2, 0.25) is 0 Å². The molecule has 10 nitrogen and oxygen atoms in total. The quantitative estimate of drug-likeness (QED) is 0.0718. The zero-order chi connectivity index (χ0) is 29.1. The maximum absolute atomic E-state index is 12.7. The predicted octanol–water partition coefficient (Wildman–Crippen LogP) is 4.14. The molecule has 2 aromatic rings. The highest BCUT2D eigenvalue weighted by Crippen LogP contribution is 2.35. The van der Waals surface area contributed by atoms with E-state index >= 15 is 0 Å². The van der Waals surface area contributed by atoms with E-state index in [2.05, 4.69) is 50.3 Å². The summed E-state index contributed by atoms with van der Waals surface area (Å²) >= 11 is 7.46. The Hall–Kier alpha value is -3.65. The number of ether oxygens (including phenoxy) is 4. The van der Waals surface area contributed by atoms with Gasteiger partial charge < -0.3 is 29.6 Å². The van der Waals surface area contributed by atoms with Crippen molar-refractivity contribution < 1.29 is 28.5 Å². The number of rotatable bonds is 13. The first-order valence-electron chi connectivity index (χ1n) is 12.5. The van der Waals surface area contributed by atoms with Crippen molar-refractivity contribution in [2.45, 2.75) is 26.8 Å². The smallest absolute Gasteiger partial charge is 0.338 e. The van der Waals surface area contributed by atoms with Crippen LogP contribution in [-0.2, 0) is 14.3 Å². The van der Waals surface area contributed by atoms with Crippen molar-refractivity contribution in [2.24, 2.45) is 5.10 Å². The van der Waals surface area contributed by atoms with Crippen LogP contribution in [0.15, 0.2) is 65.4 Å². The molecular weight excluding hydrogens is 647 g/mol. The molecule has 1 heterocycles. The topological polar surface area (TPSA) is 120 Å². The minimum atomic E-state index is -0.620. The van der Waals surface area contributed by atoms with Crippen LogP contribution in [0, 0.1) is 3.57 Å². The van der Waals surface area contributed by atoms with Crippen LogP contribution in [0.4, 0.5) is 0 Å². The van der Waals surface area contributed by atoms with Gasteiger partial charge in [-0.25, -0.2) is 10.2 Å². The number of nitrogens with zero attached hydrogens (tertiary/aromatic N) is 1. The second-order valence-electron chi connectivity index (χ2n) is 8.27. The third-order valence-electron chi connectivity index (χ3n) is 5.43. The molecule has 0 aliphatic carbocycles. The molecule has 0 saturated heterocycles. The Kier molecular flexibility index (Phi) is 11.8. The van der Waals surface area contributed by atoms with Gasteiger partial charge in [-0.15, -0.1) is 0 Å². The van der Waals surface area contributed by atoms with Crippen molar-refractivity contribution in [3.8, 4) is 17.2 Å². The van der Waals surface area contributed by atoms with Crippen molar-refractivity contribution >= 4 is 58.0 Å². The molecule has 0 unspecified atom stereocenters. The maximum atomic E-state index is 12.7. The molecule has 0 saturated carbocycles. The van der Waals surface area contributed by atoms with E-state index in [-0.39, 0.29) is 13.2 Å². The molecule has 1 amide bonds. The molecule has 0 bridgehead atoms. The van der Waals surface area contributed by atoms with Gasteiger partial charge in [-0.3, -0.25) is 4.79 Å². The van der Waals surface area contributed by atoms with Crippen LogP contribution in [0.3, 0.4) is 0 Å². The number of allylic oxidation sites excluding steroid dienone is 1. The number of nitrogens with one attached hydrogen (secondary N) is 3. The number of halogens is 1. The van der Waals surface area contributed by atoms with Gasteiger partial charge in [0.15, 0.2) is 23.2 Å². The first kappa shape index (κ1) is 30.9. The fourth-order valence-corrected chi connectivity index (χ4v) is 4.87.